The molecule has 9 heteroatoms. The Bertz CT molecular complexity index is 769. The SMILES string of the molecule is CCOC(=O)C1(CC(=O)O)CCCN(C2CCN(C(=O)OCc3ccccc3)CC2)C1.Cl. The maximum atomic E-state index is 12.6. The average molecular weight is 469 g/mol. The number of likely N-dealkylation sites (tertiary alicyclic amines) is 2. The summed E-state index contributed by atoms with van der Waals surface area (Å²) in [4.78, 5) is 40.4. The topological polar surface area (TPSA) is 96.4 Å². The van der Waals surface area contributed by atoms with E-state index in [1.54, 1.807) is 11.8 Å². The Morgan fingerprint density at radius 1 is 1.09 bits per heavy atom. The van der Waals surface area contributed by atoms with Crippen LogP contribution < -0.4 is 0 Å². The summed E-state index contributed by atoms with van der Waals surface area (Å²) < 4.78 is 10.7. The van der Waals surface area contributed by atoms with Crippen LogP contribution in [0.2, 0.25) is 0 Å². The maximum Gasteiger partial charge on any atom is 0.410 e. The van der Waals surface area contributed by atoms with Gasteiger partial charge in [0, 0.05) is 25.7 Å². The predicted molar refractivity (Wildman–Crippen MR) is 121 cm³/mol. The van der Waals surface area contributed by atoms with Crippen molar-refractivity contribution in [1.82, 2.24) is 9.80 Å². The largest absolute Gasteiger partial charge is 0.481 e. The zero-order valence-electron chi connectivity index (χ0n) is 18.5. The number of piperidine rings is 2. The number of ether oxygens (including phenoxy) is 2. The molecule has 3 rings (SSSR count). The molecule has 0 saturated carbocycles. The van der Waals surface area contributed by atoms with Gasteiger partial charge in [0.2, 0.25) is 0 Å². The van der Waals surface area contributed by atoms with Gasteiger partial charge in [-0.25, -0.2) is 4.79 Å². The van der Waals surface area contributed by atoms with E-state index < -0.39 is 17.4 Å². The molecule has 0 aliphatic carbocycles. The van der Waals surface area contributed by atoms with Crippen molar-refractivity contribution in [2.24, 2.45) is 5.41 Å². The van der Waals surface area contributed by atoms with Crippen molar-refractivity contribution in [3.8, 4) is 0 Å². The van der Waals surface area contributed by atoms with Crippen LogP contribution in [0.1, 0.15) is 44.6 Å². The molecular weight excluding hydrogens is 436 g/mol. The standard InChI is InChI=1S/C23H32N2O6.ClH/c1-2-30-21(28)23(15-20(26)27)11-6-12-25(17-23)19-9-13-24(14-10-19)22(29)31-16-18-7-4-3-5-8-18;/h3-5,7-8,19H,2,6,9-17H2,1H3,(H,26,27);1H. The first-order chi connectivity index (χ1) is 14.9. The van der Waals surface area contributed by atoms with Gasteiger partial charge in [0.15, 0.2) is 0 Å². The van der Waals surface area contributed by atoms with E-state index in [1.807, 2.05) is 30.3 Å². The zero-order valence-corrected chi connectivity index (χ0v) is 19.3. The van der Waals surface area contributed by atoms with Crippen LogP contribution in [0.15, 0.2) is 30.3 Å². The van der Waals surface area contributed by atoms with E-state index >= 15 is 0 Å². The van der Waals surface area contributed by atoms with E-state index in [2.05, 4.69) is 4.90 Å². The van der Waals surface area contributed by atoms with E-state index in [1.165, 1.54) is 0 Å². The Kier molecular flexibility index (Phi) is 9.78. The summed E-state index contributed by atoms with van der Waals surface area (Å²) in [5.74, 6) is -1.39. The normalized spacial score (nSPS) is 22.0. The molecule has 32 heavy (non-hydrogen) atoms. The molecule has 1 aromatic carbocycles. The molecule has 0 spiro atoms. The second-order valence-corrected chi connectivity index (χ2v) is 8.40. The van der Waals surface area contributed by atoms with Gasteiger partial charge in [0.1, 0.15) is 6.61 Å². The first-order valence-corrected chi connectivity index (χ1v) is 11.0. The molecule has 1 unspecified atom stereocenters. The molecule has 1 N–H and O–H groups in total. The predicted octanol–water partition coefficient (Wildman–Crippen LogP) is 3.33. The van der Waals surface area contributed by atoms with E-state index in [4.69, 9.17) is 9.47 Å². The van der Waals surface area contributed by atoms with Gasteiger partial charge in [-0.2, -0.15) is 0 Å². The molecule has 2 fully saturated rings. The summed E-state index contributed by atoms with van der Waals surface area (Å²) in [6.45, 7) is 4.61. The van der Waals surface area contributed by atoms with E-state index in [-0.39, 0.29) is 44.2 Å². The number of carbonyl (C=O) groups is 3. The summed E-state index contributed by atoms with van der Waals surface area (Å²) in [7, 11) is 0. The Morgan fingerprint density at radius 3 is 2.41 bits per heavy atom. The van der Waals surface area contributed by atoms with Crippen molar-refractivity contribution in [3.63, 3.8) is 0 Å². The fraction of sp³-hybridized carbons (Fsp3) is 0.609. The highest BCUT2D eigenvalue weighted by Crippen LogP contribution is 2.37. The number of nitrogens with zero attached hydrogens (tertiary/aromatic N) is 2. The van der Waals surface area contributed by atoms with E-state index in [0.717, 1.165) is 31.4 Å². The lowest BCUT2D eigenvalue weighted by atomic mass is 9.76. The zero-order chi connectivity index (χ0) is 22.3. The van der Waals surface area contributed by atoms with Crippen LogP contribution >= 0.6 is 12.4 Å². The molecule has 2 aliphatic rings. The van der Waals surface area contributed by atoms with Crippen molar-refractivity contribution < 1.29 is 29.0 Å². The average Bonchev–Trinajstić information content (AvgIpc) is 2.78. The third-order valence-corrected chi connectivity index (χ3v) is 6.25. The number of aliphatic carboxylic acids is 1. The van der Waals surface area contributed by atoms with Gasteiger partial charge >= 0.3 is 18.0 Å². The summed E-state index contributed by atoms with van der Waals surface area (Å²) in [6, 6.07) is 9.79. The van der Waals surface area contributed by atoms with E-state index in [0.29, 0.717) is 26.1 Å². The number of halogens is 1. The lowest BCUT2D eigenvalue weighted by Gasteiger charge is -2.45. The molecule has 2 aliphatic heterocycles. The smallest absolute Gasteiger partial charge is 0.410 e. The third-order valence-electron chi connectivity index (χ3n) is 6.25. The number of amides is 1. The van der Waals surface area contributed by atoms with Crippen LogP contribution in [0.25, 0.3) is 0 Å². The molecule has 0 bridgehead atoms. The number of carboxylic acids is 1. The quantitative estimate of drug-likeness (QED) is 0.613. The van der Waals surface area contributed by atoms with Gasteiger partial charge in [-0.3, -0.25) is 14.5 Å². The summed E-state index contributed by atoms with van der Waals surface area (Å²) >= 11 is 0. The minimum atomic E-state index is -0.994. The van der Waals surface area contributed by atoms with Gasteiger partial charge in [0.05, 0.1) is 18.4 Å². The molecule has 1 atom stereocenters. The van der Waals surface area contributed by atoms with Crippen LogP contribution in [0.5, 0.6) is 0 Å². The Balaban J connectivity index is 0.00000363. The van der Waals surface area contributed by atoms with Crippen molar-refractivity contribution in [2.45, 2.75) is 51.7 Å². The van der Waals surface area contributed by atoms with Gasteiger partial charge in [-0.1, -0.05) is 30.3 Å². The van der Waals surface area contributed by atoms with Crippen LogP contribution in [0.4, 0.5) is 4.79 Å². The van der Waals surface area contributed by atoms with Crippen LogP contribution in [0, 0.1) is 5.41 Å². The first-order valence-electron chi connectivity index (χ1n) is 11.0. The Hall–Kier alpha value is -2.32. The van der Waals surface area contributed by atoms with Gasteiger partial charge in [-0.05, 0) is 44.7 Å². The number of hydrogen-bond donors (Lipinski definition) is 1. The van der Waals surface area contributed by atoms with Crippen molar-refractivity contribution in [2.75, 3.05) is 32.8 Å². The van der Waals surface area contributed by atoms with E-state index in [9.17, 15) is 19.5 Å². The lowest BCUT2D eigenvalue weighted by Crippen LogP contribution is -2.55. The lowest BCUT2D eigenvalue weighted by molar-refractivity contribution is -0.165. The monoisotopic (exact) mass is 468 g/mol. The van der Waals surface area contributed by atoms with Crippen molar-refractivity contribution in [1.29, 1.82) is 0 Å². The number of carboxylic acid groups (broad SMARTS) is 1. The highest BCUT2D eigenvalue weighted by atomic mass is 35.5. The fourth-order valence-corrected chi connectivity index (χ4v) is 4.66. The molecular formula is C23H33ClN2O6. The van der Waals surface area contributed by atoms with Crippen LogP contribution in [-0.2, 0) is 25.7 Å². The first kappa shape index (κ1) is 25.9. The molecule has 0 aromatic heterocycles. The summed E-state index contributed by atoms with van der Waals surface area (Å²) in [6.07, 6.45) is 2.30. The molecule has 8 nitrogen and oxygen atoms in total. The molecule has 2 saturated heterocycles. The van der Waals surface area contributed by atoms with Gasteiger partial charge in [-0.15, -0.1) is 12.4 Å². The molecule has 1 aromatic rings. The fourth-order valence-electron chi connectivity index (χ4n) is 4.66. The summed E-state index contributed by atoms with van der Waals surface area (Å²) in [5, 5.41) is 9.39. The summed E-state index contributed by atoms with van der Waals surface area (Å²) in [5.41, 5.74) is -0.0425. The second kappa shape index (κ2) is 12.1. The van der Waals surface area contributed by atoms with Gasteiger partial charge < -0.3 is 19.5 Å². The third kappa shape index (κ3) is 6.59. The second-order valence-electron chi connectivity index (χ2n) is 8.40. The molecule has 178 valence electrons. The number of esters is 1. The minimum Gasteiger partial charge on any atom is -0.481 e. The Morgan fingerprint density at radius 2 is 1.78 bits per heavy atom. The molecule has 0 radical (unpaired) electrons. The number of rotatable bonds is 7. The Labute approximate surface area is 195 Å². The van der Waals surface area contributed by atoms with Crippen LogP contribution in [0.3, 0.4) is 0 Å². The van der Waals surface area contributed by atoms with Gasteiger partial charge in [0.25, 0.3) is 0 Å². The minimum absolute atomic E-state index is 0. The molecule has 2 heterocycles. The number of hydrogen-bond acceptors (Lipinski definition) is 6. The highest BCUT2D eigenvalue weighted by molar-refractivity contribution is 5.85. The van der Waals surface area contributed by atoms with Crippen molar-refractivity contribution in [3.05, 3.63) is 35.9 Å². The van der Waals surface area contributed by atoms with Crippen LogP contribution in [-0.4, -0.2) is 71.8 Å². The highest BCUT2D eigenvalue weighted by Gasteiger charge is 2.46. The maximum absolute atomic E-state index is 12.6. The molecule has 1 amide bonds. The number of carbonyl (C=O) groups excluding carboxylic acids is 2. The number of benzene rings is 1. The van der Waals surface area contributed by atoms with Crippen molar-refractivity contribution >= 4 is 30.4 Å².